The number of hydrogen-bond donors (Lipinski definition) is 0. The summed E-state index contributed by atoms with van der Waals surface area (Å²) in [5, 5.41) is 0.685. The first-order valence-electron chi connectivity index (χ1n) is 8.01. The van der Waals surface area contributed by atoms with Crippen LogP contribution in [-0.4, -0.2) is 21.7 Å². The largest absolute Gasteiger partial charge is 0.488 e. The molecule has 0 aliphatic carbocycles. The maximum Gasteiger partial charge on any atom is 0.266 e. The molecular weight excluding hydrogens is 466 g/mol. The molecule has 0 atom stereocenters. The van der Waals surface area contributed by atoms with E-state index in [-0.39, 0.29) is 5.91 Å². The Balaban J connectivity index is 1.84. The van der Waals surface area contributed by atoms with E-state index in [4.69, 9.17) is 28.6 Å². The van der Waals surface area contributed by atoms with Gasteiger partial charge in [0.05, 0.1) is 4.91 Å². The van der Waals surface area contributed by atoms with Gasteiger partial charge in [0, 0.05) is 21.6 Å². The van der Waals surface area contributed by atoms with Crippen LogP contribution in [0.2, 0.25) is 5.02 Å². The normalized spacial score (nSPS) is 15.5. The number of carbonyl (C=O) groups excluding carboxylic acids is 1. The number of ether oxygens (including phenoxy) is 1. The van der Waals surface area contributed by atoms with Crippen molar-refractivity contribution in [1.82, 2.24) is 4.90 Å². The van der Waals surface area contributed by atoms with E-state index < -0.39 is 0 Å². The lowest BCUT2D eigenvalue weighted by Gasteiger charge is -2.11. The maximum absolute atomic E-state index is 12.6. The van der Waals surface area contributed by atoms with Crippen molar-refractivity contribution in [3.8, 4) is 5.75 Å². The van der Waals surface area contributed by atoms with Gasteiger partial charge >= 0.3 is 0 Å². The average Bonchev–Trinajstić information content (AvgIpc) is 2.90. The Bertz CT molecular complexity index is 928. The molecule has 7 heteroatoms. The van der Waals surface area contributed by atoms with E-state index in [9.17, 15) is 4.79 Å². The second-order valence-electron chi connectivity index (χ2n) is 5.68. The monoisotopic (exact) mass is 479 g/mol. The van der Waals surface area contributed by atoms with Crippen LogP contribution < -0.4 is 4.74 Å². The van der Waals surface area contributed by atoms with Crippen molar-refractivity contribution in [2.75, 3.05) is 6.54 Å². The molecule has 2 aromatic rings. The van der Waals surface area contributed by atoms with Crippen LogP contribution in [-0.2, 0) is 11.4 Å². The van der Waals surface area contributed by atoms with Gasteiger partial charge in [0.25, 0.3) is 5.91 Å². The molecule has 138 valence electrons. The molecule has 1 saturated heterocycles. The van der Waals surface area contributed by atoms with E-state index in [1.165, 1.54) is 16.7 Å². The molecular formula is C20H15BrClNO2S2. The highest BCUT2D eigenvalue weighted by atomic mass is 79.9. The van der Waals surface area contributed by atoms with Gasteiger partial charge in [-0.05, 0) is 42.0 Å². The van der Waals surface area contributed by atoms with E-state index in [0.29, 0.717) is 33.1 Å². The quantitative estimate of drug-likeness (QED) is 0.285. The smallest absolute Gasteiger partial charge is 0.266 e. The van der Waals surface area contributed by atoms with Gasteiger partial charge in [0.15, 0.2) is 0 Å². The van der Waals surface area contributed by atoms with Crippen molar-refractivity contribution in [3.63, 3.8) is 0 Å². The van der Waals surface area contributed by atoms with Gasteiger partial charge in [0.1, 0.15) is 16.7 Å². The van der Waals surface area contributed by atoms with Crippen LogP contribution in [0.25, 0.3) is 6.08 Å². The highest BCUT2D eigenvalue weighted by Gasteiger charge is 2.31. The molecule has 0 N–H and O–H groups in total. The summed E-state index contributed by atoms with van der Waals surface area (Å²) in [7, 11) is 0. The van der Waals surface area contributed by atoms with Gasteiger partial charge in [-0.15, -0.1) is 6.58 Å². The summed E-state index contributed by atoms with van der Waals surface area (Å²) in [5.41, 5.74) is 1.81. The van der Waals surface area contributed by atoms with Crippen LogP contribution in [0.3, 0.4) is 0 Å². The van der Waals surface area contributed by atoms with Crippen LogP contribution in [0.4, 0.5) is 0 Å². The van der Waals surface area contributed by atoms with Gasteiger partial charge in [-0.1, -0.05) is 69.7 Å². The van der Waals surface area contributed by atoms with Crippen molar-refractivity contribution in [3.05, 3.63) is 80.6 Å². The predicted molar refractivity (Wildman–Crippen MR) is 120 cm³/mol. The molecule has 1 amide bonds. The standard InChI is InChI=1S/C20H15BrClNO2S2/c1-2-9-23-19(24)18(27-20(23)26)11-14-10-15(21)5-8-17(14)25-12-13-3-6-16(22)7-4-13/h2-8,10-11H,1,9,12H2. The first-order chi connectivity index (χ1) is 13.0. The zero-order chi connectivity index (χ0) is 19.4. The van der Waals surface area contributed by atoms with Gasteiger partial charge < -0.3 is 4.74 Å². The van der Waals surface area contributed by atoms with Crippen molar-refractivity contribution in [1.29, 1.82) is 0 Å². The summed E-state index contributed by atoms with van der Waals surface area (Å²) in [5.74, 6) is 0.565. The molecule has 0 unspecified atom stereocenters. The predicted octanol–water partition coefficient (Wildman–Crippen LogP) is 6.07. The number of benzene rings is 2. The lowest BCUT2D eigenvalue weighted by atomic mass is 10.1. The second-order valence-corrected chi connectivity index (χ2v) is 8.71. The fraction of sp³-hybridized carbons (Fsp3) is 0.100. The number of thioether (sulfide) groups is 1. The molecule has 3 rings (SSSR count). The minimum absolute atomic E-state index is 0.117. The summed E-state index contributed by atoms with van der Waals surface area (Å²) >= 11 is 16.0. The summed E-state index contributed by atoms with van der Waals surface area (Å²) < 4.78 is 7.40. The van der Waals surface area contributed by atoms with Gasteiger partial charge in [-0.25, -0.2) is 0 Å². The summed E-state index contributed by atoms with van der Waals surface area (Å²) in [6.45, 7) is 4.47. The Morgan fingerprint density at radius 1 is 1.26 bits per heavy atom. The number of amides is 1. The third kappa shape index (κ3) is 5.02. The lowest BCUT2D eigenvalue weighted by molar-refractivity contribution is -0.121. The molecule has 1 aliphatic heterocycles. The number of thiocarbonyl (C=S) groups is 1. The van der Waals surface area contributed by atoms with Crippen molar-refractivity contribution < 1.29 is 9.53 Å². The zero-order valence-electron chi connectivity index (χ0n) is 14.2. The first-order valence-corrected chi connectivity index (χ1v) is 10.4. The van der Waals surface area contributed by atoms with Crippen LogP contribution in [0.15, 0.2) is 64.5 Å². The van der Waals surface area contributed by atoms with Crippen molar-refractivity contribution >= 4 is 67.8 Å². The molecule has 0 bridgehead atoms. The molecule has 1 fully saturated rings. The molecule has 0 radical (unpaired) electrons. The summed E-state index contributed by atoms with van der Waals surface area (Å²) in [6.07, 6.45) is 3.47. The van der Waals surface area contributed by atoms with Crippen LogP contribution in [0, 0.1) is 0 Å². The summed E-state index contributed by atoms with van der Waals surface area (Å²) in [6, 6.07) is 13.2. The van der Waals surface area contributed by atoms with Crippen LogP contribution in [0.1, 0.15) is 11.1 Å². The Kier molecular flexibility index (Phi) is 6.76. The van der Waals surface area contributed by atoms with Gasteiger partial charge in [0.2, 0.25) is 0 Å². The van der Waals surface area contributed by atoms with Crippen molar-refractivity contribution in [2.24, 2.45) is 0 Å². The number of hydrogen-bond acceptors (Lipinski definition) is 4. The molecule has 0 aromatic heterocycles. The molecule has 0 saturated carbocycles. The van der Waals surface area contributed by atoms with Crippen LogP contribution in [0.5, 0.6) is 5.75 Å². The second kappa shape index (κ2) is 9.06. The SMILES string of the molecule is C=CCN1C(=O)C(=Cc2cc(Br)ccc2OCc2ccc(Cl)cc2)SC1=S. The fourth-order valence-corrected chi connectivity index (χ4v) is 4.20. The molecule has 2 aromatic carbocycles. The van der Waals surface area contributed by atoms with Crippen LogP contribution >= 0.6 is 51.5 Å². The first kappa shape index (κ1) is 20.1. The fourth-order valence-electron chi connectivity index (χ4n) is 2.43. The van der Waals surface area contributed by atoms with E-state index in [1.807, 2.05) is 48.5 Å². The van der Waals surface area contributed by atoms with Crippen molar-refractivity contribution in [2.45, 2.75) is 6.61 Å². The Morgan fingerprint density at radius 2 is 2.00 bits per heavy atom. The number of nitrogens with zero attached hydrogens (tertiary/aromatic N) is 1. The van der Waals surface area contributed by atoms with E-state index in [2.05, 4.69) is 22.5 Å². The van der Waals surface area contributed by atoms with E-state index >= 15 is 0 Å². The number of halogens is 2. The van der Waals surface area contributed by atoms with E-state index in [0.717, 1.165) is 15.6 Å². The number of carbonyl (C=O) groups is 1. The number of rotatable bonds is 6. The molecule has 27 heavy (non-hydrogen) atoms. The minimum atomic E-state index is -0.117. The molecule has 1 aliphatic rings. The Labute approximate surface area is 181 Å². The molecule has 1 heterocycles. The third-order valence-electron chi connectivity index (χ3n) is 3.75. The topological polar surface area (TPSA) is 29.5 Å². The highest BCUT2D eigenvalue weighted by molar-refractivity contribution is 9.10. The van der Waals surface area contributed by atoms with Gasteiger partial charge in [-0.3, -0.25) is 9.69 Å². The van der Waals surface area contributed by atoms with E-state index in [1.54, 1.807) is 6.08 Å². The minimum Gasteiger partial charge on any atom is -0.488 e. The summed E-state index contributed by atoms with van der Waals surface area (Å²) in [4.78, 5) is 14.7. The highest BCUT2D eigenvalue weighted by Crippen LogP contribution is 2.35. The van der Waals surface area contributed by atoms with Gasteiger partial charge in [-0.2, -0.15) is 0 Å². The maximum atomic E-state index is 12.6. The zero-order valence-corrected chi connectivity index (χ0v) is 18.1. The Morgan fingerprint density at radius 3 is 2.70 bits per heavy atom. The lowest BCUT2D eigenvalue weighted by Crippen LogP contribution is -2.27. The third-order valence-corrected chi connectivity index (χ3v) is 5.87. The molecule has 0 spiro atoms. The average molecular weight is 481 g/mol. The Hall–Kier alpha value is -1.60. The molecule has 3 nitrogen and oxygen atoms in total.